The number of nitrogens with zero attached hydrogens (tertiary/aromatic N) is 2. The number of nitrogens with one attached hydrogen (secondary N) is 2. The highest BCUT2D eigenvalue weighted by Crippen LogP contribution is 2.68. The number of rotatable bonds is 7. The van der Waals surface area contributed by atoms with E-state index in [9.17, 15) is 29.3 Å². The number of thioether (sulfide) groups is 1. The number of thiazole rings is 1. The molecule has 47 heavy (non-hydrogen) atoms. The van der Waals surface area contributed by atoms with Crippen LogP contribution in [0.4, 0.5) is 17.1 Å². The predicted octanol–water partition coefficient (Wildman–Crippen LogP) is 5.69. The van der Waals surface area contributed by atoms with Gasteiger partial charge in [0.05, 0.1) is 27.5 Å². The van der Waals surface area contributed by atoms with Gasteiger partial charge < -0.3 is 15.0 Å². The molecule has 3 aromatic carbocycles. The molecule has 1 aromatic heterocycles. The fraction of sp³-hybridized carbons (Fsp3) is 0.273. The lowest BCUT2D eigenvalue weighted by molar-refractivity contribution is -0.384. The summed E-state index contributed by atoms with van der Waals surface area (Å²) in [5.74, 6) is -1.82. The van der Waals surface area contributed by atoms with Crippen LogP contribution in [-0.2, 0) is 14.4 Å². The van der Waals surface area contributed by atoms with Gasteiger partial charge in [-0.1, -0.05) is 35.1 Å². The summed E-state index contributed by atoms with van der Waals surface area (Å²) in [6.07, 6.45) is 0.722. The number of nitro groups is 1. The Bertz CT molecular complexity index is 2010. The van der Waals surface area contributed by atoms with Crippen molar-refractivity contribution < 1.29 is 24.0 Å². The fourth-order valence-corrected chi connectivity index (χ4v) is 11.1. The number of aromatic nitrogens is 1. The lowest BCUT2D eigenvalue weighted by atomic mass is 9.68. The molecule has 2 aliphatic carbocycles. The van der Waals surface area contributed by atoms with Crippen LogP contribution in [0, 0.1) is 39.7 Å². The van der Waals surface area contributed by atoms with Gasteiger partial charge in [-0.3, -0.25) is 34.2 Å². The molecular formula is C33H25ClN4O7S2. The van der Waals surface area contributed by atoms with Crippen molar-refractivity contribution in [3.05, 3.63) is 108 Å². The second-order valence-corrected chi connectivity index (χ2v) is 14.8. The molecule has 7 atom stereocenters. The molecular weight excluding hydrogens is 664 g/mol. The summed E-state index contributed by atoms with van der Waals surface area (Å²) in [7, 11) is 0. The summed E-state index contributed by atoms with van der Waals surface area (Å²) in [6, 6.07) is 19.7. The Balaban J connectivity index is 1.08. The summed E-state index contributed by atoms with van der Waals surface area (Å²) in [6.45, 7) is -0.217. The number of hydrogen-bond donors (Lipinski definition) is 2. The fourth-order valence-electron chi connectivity index (χ4n) is 8.04. The number of ether oxygens (including phenoxy) is 1. The van der Waals surface area contributed by atoms with Crippen molar-refractivity contribution in [2.45, 2.75) is 22.6 Å². The highest BCUT2D eigenvalue weighted by atomic mass is 35.5. The molecule has 4 aliphatic rings. The Labute approximate surface area is 280 Å². The molecule has 0 radical (unpaired) electrons. The smallest absolute Gasteiger partial charge is 0.305 e. The summed E-state index contributed by atoms with van der Waals surface area (Å²) in [5, 5.41) is 15.3. The van der Waals surface area contributed by atoms with Gasteiger partial charge in [0, 0.05) is 38.9 Å². The van der Waals surface area contributed by atoms with E-state index in [-0.39, 0.29) is 63.8 Å². The van der Waals surface area contributed by atoms with Crippen molar-refractivity contribution in [3.8, 4) is 5.75 Å². The number of imide groups is 1. The van der Waals surface area contributed by atoms with E-state index in [1.54, 1.807) is 42.1 Å². The molecule has 4 unspecified atom stereocenters. The second kappa shape index (κ2) is 11.4. The van der Waals surface area contributed by atoms with Gasteiger partial charge in [-0.05, 0) is 78.3 Å². The third-order valence-electron chi connectivity index (χ3n) is 9.76. The zero-order valence-corrected chi connectivity index (χ0v) is 26.7. The molecule has 2 N–H and O–H groups in total. The Morgan fingerprint density at radius 3 is 2.47 bits per heavy atom. The maximum absolute atomic E-state index is 14.0. The molecule has 238 valence electrons. The van der Waals surface area contributed by atoms with E-state index < -0.39 is 16.8 Å². The van der Waals surface area contributed by atoms with E-state index in [2.05, 4.69) is 10.3 Å². The Morgan fingerprint density at radius 2 is 1.74 bits per heavy atom. The van der Waals surface area contributed by atoms with Crippen molar-refractivity contribution in [3.63, 3.8) is 0 Å². The molecule has 4 aromatic rings. The first-order chi connectivity index (χ1) is 22.7. The van der Waals surface area contributed by atoms with E-state index in [1.807, 2.05) is 18.2 Å². The van der Waals surface area contributed by atoms with Crippen LogP contribution in [0.25, 0.3) is 0 Å². The number of benzene rings is 3. The molecule has 14 heteroatoms. The molecule has 8 rings (SSSR count). The standard InChI is InChI=1S/C33H25ClN4O7S2/c34-16-4-6-17(7-5-16)35-23(39)14-45-20-3-1-2-15(12-20)24-25-21-13-22(28(25)46-30-29(24)47-33(42)36-30)27-26(21)31(40)37(32(27)41)18-8-10-19(11-9-18)38(43)44/h1-12,21-22,24-28H,13-14H2,(H,35,39)(H,36,42)/t21-,22-,24-,25?,26?,27?,28?/m1/s1. The van der Waals surface area contributed by atoms with E-state index in [0.29, 0.717) is 22.1 Å². The first kappa shape index (κ1) is 29.9. The van der Waals surface area contributed by atoms with Crippen LogP contribution >= 0.6 is 34.7 Å². The predicted molar refractivity (Wildman–Crippen MR) is 176 cm³/mol. The Hall–Kier alpha value is -4.46. The number of carbonyl (C=O) groups excluding carboxylic acids is 3. The molecule has 3 amide bonds. The number of H-pyrrole nitrogens is 1. The zero-order valence-electron chi connectivity index (χ0n) is 24.3. The van der Waals surface area contributed by atoms with Crippen LogP contribution in [0.3, 0.4) is 0 Å². The van der Waals surface area contributed by atoms with Crippen molar-refractivity contribution >= 4 is 69.5 Å². The number of aromatic amines is 1. The molecule has 0 spiro atoms. The topological polar surface area (TPSA) is 152 Å². The summed E-state index contributed by atoms with van der Waals surface area (Å²) < 4.78 is 5.89. The van der Waals surface area contributed by atoms with Crippen LogP contribution in [0.2, 0.25) is 5.02 Å². The maximum atomic E-state index is 14.0. The minimum atomic E-state index is -0.520. The lowest BCUT2D eigenvalue weighted by Crippen LogP contribution is -2.42. The Morgan fingerprint density at radius 1 is 1.02 bits per heavy atom. The largest absolute Gasteiger partial charge is 0.484 e. The average molecular weight is 689 g/mol. The highest BCUT2D eigenvalue weighted by Gasteiger charge is 2.69. The Kier molecular flexibility index (Phi) is 7.23. The van der Waals surface area contributed by atoms with E-state index in [0.717, 1.165) is 33.2 Å². The van der Waals surface area contributed by atoms with Crippen LogP contribution in [0.1, 0.15) is 22.8 Å². The average Bonchev–Trinajstić information content (AvgIpc) is 3.80. The molecule has 3 heterocycles. The van der Waals surface area contributed by atoms with Gasteiger partial charge in [-0.2, -0.15) is 0 Å². The van der Waals surface area contributed by atoms with E-state index in [4.69, 9.17) is 16.3 Å². The molecule has 2 aliphatic heterocycles. The number of nitro benzene ring substituents is 1. The monoisotopic (exact) mass is 688 g/mol. The first-order valence-electron chi connectivity index (χ1n) is 15.0. The first-order valence-corrected chi connectivity index (χ1v) is 17.1. The normalized spacial score (nSPS) is 26.9. The van der Waals surface area contributed by atoms with Gasteiger partial charge in [0.2, 0.25) is 11.8 Å². The molecule has 2 saturated carbocycles. The van der Waals surface area contributed by atoms with Crippen molar-refractivity contribution in [1.29, 1.82) is 0 Å². The number of halogens is 1. The molecule has 2 bridgehead atoms. The van der Waals surface area contributed by atoms with Crippen LogP contribution < -0.4 is 19.8 Å². The number of amides is 3. The number of hydrogen-bond acceptors (Lipinski definition) is 9. The molecule has 1 saturated heterocycles. The number of carbonyl (C=O) groups is 3. The van der Waals surface area contributed by atoms with Crippen molar-refractivity contribution in [2.24, 2.45) is 29.6 Å². The van der Waals surface area contributed by atoms with E-state index >= 15 is 0 Å². The van der Waals surface area contributed by atoms with Crippen LogP contribution in [0.5, 0.6) is 5.75 Å². The minimum absolute atomic E-state index is 0.00714. The quantitative estimate of drug-likeness (QED) is 0.143. The maximum Gasteiger partial charge on any atom is 0.305 e. The van der Waals surface area contributed by atoms with Crippen molar-refractivity contribution in [2.75, 3.05) is 16.8 Å². The summed E-state index contributed by atoms with van der Waals surface area (Å²) in [5.41, 5.74) is 1.71. The number of fused-ring (bicyclic) bond motifs is 9. The molecule has 11 nitrogen and oxygen atoms in total. The third kappa shape index (κ3) is 4.95. The summed E-state index contributed by atoms with van der Waals surface area (Å²) in [4.78, 5) is 68.6. The van der Waals surface area contributed by atoms with Gasteiger partial charge in [0.15, 0.2) is 6.61 Å². The van der Waals surface area contributed by atoms with Gasteiger partial charge in [0.1, 0.15) is 5.75 Å². The lowest BCUT2D eigenvalue weighted by Gasteiger charge is -2.43. The van der Waals surface area contributed by atoms with Gasteiger partial charge in [0.25, 0.3) is 11.6 Å². The van der Waals surface area contributed by atoms with Crippen LogP contribution in [-0.4, -0.2) is 39.5 Å². The highest BCUT2D eigenvalue weighted by molar-refractivity contribution is 8.00. The van der Waals surface area contributed by atoms with Gasteiger partial charge in [-0.15, -0.1) is 11.8 Å². The summed E-state index contributed by atoms with van der Waals surface area (Å²) >= 11 is 8.68. The third-order valence-corrected chi connectivity index (χ3v) is 12.6. The second-order valence-electron chi connectivity index (χ2n) is 12.2. The minimum Gasteiger partial charge on any atom is -0.484 e. The van der Waals surface area contributed by atoms with Crippen LogP contribution in [0.15, 0.2) is 82.6 Å². The molecule has 3 fully saturated rings. The van der Waals surface area contributed by atoms with Gasteiger partial charge >= 0.3 is 4.87 Å². The van der Waals surface area contributed by atoms with Crippen molar-refractivity contribution in [1.82, 2.24) is 4.98 Å². The van der Waals surface area contributed by atoms with Gasteiger partial charge in [-0.25, -0.2) is 0 Å². The zero-order chi connectivity index (χ0) is 32.6. The SMILES string of the molecule is O=C(COc1cccc([C@H]2c3sc(=O)[nH]c3SC3C2[C@H]2C[C@@H]3C3C(=O)N(c4ccc([N+](=O)[O-])cc4)C(=O)C32)c1)Nc1ccc(Cl)cc1. The van der Waals surface area contributed by atoms with E-state index in [1.165, 1.54) is 29.2 Å². The number of anilines is 2. The number of non-ortho nitro benzene ring substituents is 1.